The summed E-state index contributed by atoms with van der Waals surface area (Å²) in [5.41, 5.74) is 0. The van der Waals surface area contributed by atoms with Gasteiger partial charge in [-0.05, 0) is 5.92 Å². The van der Waals surface area contributed by atoms with Crippen LogP contribution in [0.25, 0.3) is 0 Å². The first-order chi connectivity index (χ1) is 2.27. The Kier molecular flexibility index (Phi) is 8.89. The molecular formula is C5H12Ni+2. The van der Waals surface area contributed by atoms with E-state index in [4.69, 9.17) is 0 Å². The summed E-state index contributed by atoms with van der Waals surface area (Å²) in [6.07, 6.45) is 1.31. The molecule has 0 unspecified atom stereocenters. The molecule has 0 atom stereocenters. The van der Waals surface area contributed by atoms with Crippen molar-refractivity contribution in [2.75, 3.05) is 0 Å². The van der Waals surface area contributed by atoms with Crippen molar-refractivity contribution in [3.63, 3.8) is 0 Å². The molecule has 40 valence electrons. The molecule has 6 heavy (non-hydrogen) atoms. The monoisotopic (exact) mass is 130 g/mol. The second-order valence-corrected chi connectivity index (χ2v) is 1.80. The first kappa shape index (κ1) is 9.71. The predicted octanol–water partition coefficient (Wildman–Crippen LogP) is 2.05. The van der Waals surface area contributed by atoms with Crippen LogP contribution in [0.5, 0.6) is 0 Å². The summed E-state index contributed by atoms with van der Waals surface area (Å²) >= 11 is 0. The maximum Gasteiger partial charge on any atom is 2.00 e. The van der Waals surface area contributed by atoms with Gasteiger partial charge in [0.2, 0.25) is 0 Å². The van der Waals surface area contributed by atoms with Gasteiger partial charge in [0.1, 0.15) is 0 Å². The minimum atomic E-state index is 0. The summed E-state index contributed by atoms with van der Waals surface area (Å²) in [5.74, 6) is 0.884. The van der Waals surface area contributed by atoms with Crippen molar-refractivity contribution in [1.29, 1.82) is 0 Å². The van der Waals surface area contributed by atoms with Gasteiger partial charge in [-0.2, -0.15) is 0 Å². The molecule has 0 aliphatic heterocycles. The second kappa shape index (κ2) is 5.49. The zero-order chi connectivity index (χ0) is 4.28. The van der Waals surface area contributed by atoms with E-state index in [1.165, 1.54) is 6.42 Å². The number of hydrogen-bond donors (Lipinski definition) is 0. The first-order valence-electron chi connectivity index (χ1n) is 2.27. The van der Waals surface area contributed by atoms with Gasteiger partial charge in [0.15, 0.2) is 0 Å². The molecule has 0 saturated heterocycles. The molecule has 0 nitrogen and oxygen atoms in total. The molecule has 0 saturated carbocycles. The topological polar surface area (TPSA) is 0 Å². The molecule has 0 radical (unpaired) electrons. The fourth-order valence-electron chi connectivity index (χ4n) is 0. The van der Waals surface area contributed by atoms with Gasteiger partial charge in [-0.3, -0.25) is 0 Å². The minimum Gasteiger partial charge on any atom is -0.0651 e. The Morgan fingerprint density at radius 3 is 1.50 bits per heavy atom. The predicted molar refractivity (Wildman–Crippen MR) is 25.1 cm³/mol. The Balaban J connectivity index is 0. The Morgan fingerprint density at radius 2 is 1.50 bits per heavy atom. The van der Waals surface area contributed by atoms with Crippen LogP contribution >= 0.6 is 0 Å². The third kappa shape index (κ3) is 8.82. The zero-order valence-electron chi connectivity index (χ0n) is 4.60. The smallest absolute Gasteiger partial charge is 0.0651 e. The van der Waals surface area contributed by atoms with Crippen LogP contribution < -0.4 is 0 Å². The Bertz CT molecular complexity index is 17.9. The molecule has 0 bridgehead atoms. The van der Waals surface area contributed by atoms with Crippen molar-refractivity contribution in [2.24, 2.45) is 5.92 Å². The molecule has 1 heteroatoms. The standard InChI is InChI=1S/C5H12.Ni/c1-4-5(2)3;/h5H,4H2,1-3H3;/q;+2. The quantitative estimate of drug-likeness (QED) is 0.477. The van der Waals surface area contributed by atoms with Gasteiger partial charge in [0, 0.05) is 0 Å². The largest absolute Gasteiger partial charge is 2.00 e. The van der Waals surface area contributed by atoms with Crippen molar-refractivity contribution in [3.05, 3.63) is 0 Å². The van der Waals surface area contributed by atoms with Crippen LogP contribution in [0.2, 0.25) is 0 Å². The molecule has 0 aromatic heterocycles. The molecule has 0 amide bonds. The molecule has 0 aliphatic rings. The molecule has 0 heterocycles. The van der Waals surface area contributed by atoms with Gasteiger partial charge in [0.05, 0.1) is 0 Å². The van der Waals surface area contributed by atoms with E-state index in [1.54, 1.807) is 0 Å². The van der Waals surface area contributed by atoms with E-state index in [0.29, 0.717) is 0 Å². The number of hydrogen-bond acceptors (Lipinski definition) is 0. The normalized spacial score (nSPS) is 8.00. The zero-order valence-corrected chi connectivity index (χ0v) is 5.59. The van der Waals surface area contributed by atoms with Crippen molar-refractivity contribution >= 4 is 0 Å². The molecule has 0 aliphatic carbocycles. The molecular weight excluding hydrogens is 119 g/mol. The van der Waals surface area contributed by atoms with E-state index in [-0.39, 0.29) is 16.5 Å². The summed E-state index contributed by atoms with van der Waals surface area (Å²) in [7, 11) is 0. The van der Waals surface area contributed by atoms with E-state index in [1.807, 2.05) is 0 Å². The fraction of sp³-hybridized carbons (Fsp3) is 1.00. The van der Waals surface area contributed by atoms with Gasteiger partial charge < -0.3 is 0 Å². The molecule has 0 spiro atoms. The Morgan fingerprint density at radius 1 is 1.33 bits per heavy atom. The molecule has 0 aromatic carbocycles. The Hall–Kier alpha value is 0.494. The van der Waals surface area contributed by atoms with Crippen molar-refractivity contribution in [1.82, 2.24) is 0 Å². The summed E-state index contributed by atoms with van der Waals surface area (Å²) in [6.45, 7) is 6.64. The van der Waals surface area contributed by atoms with Gasteiger partial charge in [-0.25, -0.2) is 0 Å². The molecule has 0 aromatic rings. The van der Waals surface area contributed by atoms with E-state index in [0.717, 1.165) is 5.92 Å². The summed E-state index contributed by atoms with van der Waals surface area (Å²) in [5, 5.41) is 0. The van der Waals surface area contributed by atoms with Crippen LogP contribution in [0.1, 0.15) is 27.2 Å². The third-order valence-electron chi connectivity index (χ3n) is 0.816. The van der Waals surface area contributed by atoms with E-state index < -0.39 is 0 Å². The first-order valence-corrected chi connectivity index (χ1v) is 2.27. The van der Waals surface area contributed by atoms with Gasteiger partial charge in [-0.1, -0.05) is 27.2 Å². The van der Waals surface area contributed by atoms with Crippen LogP contribution in [-0.2, 0) is 16.5 Å². The van der Waals surface area contributed by atoms with Crippen LogP contribution in [-0.4, -0.2) is 0 Å². The molecule has 0 fully saturated rings. The molecule has 0 N–H and O–H groups in total. The maximum absolute atomic E-state index is 2.22. The molecule has 0 rings (SSSR count). The Labute approximate surface area is 50.2 Å². The summed E-state index contributed by atoms with van der Waals surface area (Å²) in [6, 6.07) is 0. The van der Waals surface area contributed by atoms with Gasteiger partial charge >= 0.3 is 16.5 Å². The van der Waals surface area contributed by atoms with Gasteiger partial charge in [0.25, 0.3) is 0 Å². The maximum atomic E-state index is 2.22. The minimum absolute atomic E-state index is 0. The summed E-state index contributed by atoms with van der Waals surface area (Å²) in [4.78, 5) is 0. The SMILES string of the molecule is CCC(C)C.[Ni+2]. The van der Waals surface area contributed by atoms with Crippen molar-refractivity contribution in [3.8, 4) is 0 Å². The van der Waals surface area contributed by atoms with Crippen LogP contribution in [0.4, 0.5) is 0 Å². The fourth-order valence-corrected chi connectivity index (χ4v) is 0. The summed E-state index contributed by atoms with van der Waals surface area (Å²) < 4.78 is 0. The van der Waals surface area contributed by atoms with Crippen LogP contribution in [0.15, 0.2) is 0 Å². The van der Waals surface area contributed by atoms with E-state index >= 15 is 0 Å². The van der Waals surface area contributed by atoms with Crippen molar-refractivity contribution in [2.45, 2.75) is 27.2 Å². The van der Waals surface area contributed by atoms with E-state index in [9.17, 15) is 0 Å². The average Bonchev–Trinajstić information content (AvgIpc) is 1.38. The number of rotatable bonds is 1. The van der Waals surface area contributed by atoms with E-state index in [2.05, 4.69) is 20.8 Å². The van der Waals surface area contributed by atoms with Gasteiger partial charge in [-0.15, -0.1) is 0 Å². The van der Waals surface area contributed by atoms with Crippen LogP contribution in [0, 0.1) is 5.92 Å². The van der Waals surface area contributed by atoms with Crippen molar-refractivity contribution < 1.29 is 16.5 Å². The average molecular weight is 131 g/mol. The third-order valence-corrected chi connectivity index (χ3v) is 0.816. The second-order valence-electron chi connectivity index (χ2n) is 1.80. The van der Waals surface area contributed by atoms with Crippen LogP contribution in [0.3, 0.4) is 0 Å².